The second kappa shape index (κ2) is 3.71. The van der Waals surface area contributed by atoms with Gasteiger partial charge in [-0.05, 0) is 50.5 Å². The molecular weight excluding hydrogens is 240 g/mol. The lowest BCUT2D eigenvalue weighted by Gasteiger charge is -2.20. The van der Waals surface area contributed by atoms with Crippen molar-refractivity contribution in [3.8, 4) is 5.75 Å². The molecular formula is C12H16O4S. The van der Waals surface area contributed by atoms with E-state index in [-0.39, 0.29) is 17.1 Å². The van der Waals surface area contributed by atoms with Crippen LogP contribution in [0, 0.1) is 0 Å². The molecule has 0 aliphatic carbocycles. The Kier molecular flexibility index (Phi) is 2.71. The number of benzene rings is 1. The molecule has 0 aromatic heterocycles. The van der Waals surface area contributed by atoms with Crippen molar-refractivity contribution in [2.75, 3.05) is 0 Å². The molecule has 1 aliphatic heterocycles. The maximum atomic E-state index is 12.2. The van der Waals surface area contributed by atoms with Crippen molar-refractivity contribution >= 4 is 9.84 Å². The Morgan fingerprint density at radius 2 is 2.06 bits per heavy atom. The lowest BCUT2D eigenvalue weighted by atomic mass is 9.99. The second-order valence-corrected chi connectivity index (χ2v) is 7.38. The minimum Gasteiger partial charge on any atom is -0.508 e. The van der Waals surface area contributed by atoms with Gasteiger partial charge in [0.25, 0.3) is 0 Å². The third-order valence-corrected chi connectivity index (χ3v) is 5.19. The van der Waals surface area contributed by atoms with Crippen molar-refractivity contribution in [3.63, 3.8) is 0 Å². The summed E-state index contributed by atoms with van der Waals surface area (Å²) in [6, 6.07) is 4.30. The van der Waals surface area contributed by atoms with Crippen LogP contribution >= 0.6 is 0 Å². The van der Waals surface area contributed by atoms with E-state index < -0.39 is 20.7 Å². The van der Waals surface area contributed by atoms with E-state index in [1.54, 1.807) is 13.8 Å². The van der Waals surface area contributed by atoms with E-state index in [1.165, 1.54) is 18.2 Å². The molecule has 4 nitrogen and oxygen atoms in total. The molecule has 1 unspecified atom stereocenters. The molecule has 1 aromatic rings. The predicted molar refractivity (Wildman–Crippen MR) is 63.7 cm³/mol. The summed E-state index contributed by atoms with van der Waals surface area (Å²) in [4.78, 5) is 0.282. The lowest BCUT2D eigenvalue weighted by Crippen LogP contribution is -2.30. The lowest BCUT2D eigenvalue weighted by molar-refractivity contribution is 0.0701. The first-order chi connectivity index (χ1) is 7.70. The molecule has 1 aliphatic rings. The van der Waals surface area contributed by atoms with Crippen LogP contribution in [-0.2, 0) is 16.3 Å². The summed E-state index contributed by atoms with van der Waals surface area (Å²) in [5, 5.41) is 18.5. The summed E-state index contributed by atoms with van der Waals surface area (Å²) in [5.41, 5.74) is -0.374. The normalized spacial score (nSPS) is 22.4. The second-order valence-electron chi connectivity index (χ2n) is 5.18. The van der Waals surface area contributed by atoms with Gasteiger partial charge in [0.15, 0.2) is 9.84 Å². The average molecular weight is 256 g/mol. The minimum atomic E-state index is -3.37. The van der Waals surface area contributed by atoms with Crippen LogP contribution < -0.4 is 0 Å². The number of phenols is 1. The minimum absolute atomic E-state index is 0.0721. The van der Waals surface area contributed by atoms with E-state index in [0.717, 1.165) is 0 Å². The monoisotopic (exact) mass is 256 g/mol. The van der Waals surface area contributed by atoms with Crippen molar-refractivity contribution in [3.05, 3.63) is 23.8 Å². The van der Waals surface area contributed by atoms with Gasteiger partial charge in [0.05, 0.1) is 15.7 Å². The summed E-state index contributed by atoms with van der Waals surface area (Å²) < 4.78 is 24.4. The van der Waals surface area contributed by atoms with Crippen LogP contribution in [0.2, 0.25) is 0 Å². The van der Waals surface area contributed by atoms with Crippen LogP contribution in [0.15, 0.2) is 23.1 Å². The average Bonchev–Trinajstić information content (AvgIpc) is 2.35. The summed E-state index contributed by atoms with van der Waals surface area (Å²) in [6.45, 7) is 3.20. The Labute approximate surface area is 101 Å². The highest BCUT2D eigenvalue weighted by atomic mass is 32.2. The molecule has 0 amide bonds. The highest BCUT2D eigenvalue weighted by molar-refractivity contribution is 7.92. The standard InChI is InChI=1S/C12H16O4S/c1-12(2,14)7-10-6-8-5-9(13)3-4-11(8)17(10,15)16/h3-5,10,13-14H,6-7H2,1-2H3. The third-order valence-electron chi connectivity index (χ3n) is 2.96. The van der Waals surface area contributed by atoms with Gasteiger partial charge in [-0.25, -0.2) is 8.42 Å². The van der Waals surface area contributed by atoms with Crippen LogP contribution in [-0.4, -0.2) is 29.5 Å². The van der Waals surface area contributed by atoms with Gasteiger partial charge in [-0.15, -0.1) is 0 Å². The van der Waals surface area contributed by atoms with E-state index in [2.05, 4.69) is 0 Å². The number of phenolic OH excluding ortho intramolecular Hbond substituents is 1. The third kappa shape index (κ3) is 2.30. The number of aliphatic hydroxyl groups is 1. The summed E-state index contributed by atoms with van der Waals surface area (Å²) in [5.74, 6) is 0.0721. The fourth-order valence-corrected chi connectivity index (χ4v) is 4.43. The quantitative estimate of drug-likeness (QED) is 0.835. The SMILES string of the molecule is CC(C)(O)CC1Cc2cc(O)ccc2S1(=O)=O. The highest BCUT2D eigenvalue weighted by Crippen LogP contribution is 2.36. The fourth-order valence-electron chi connectivity index (χ4n) is 2.28. The van der Waals surface area contributed by atoms with Gasteiger partial charge in [0.2, 0.25) is 0 Å². The Balaban J connectivity index is 2.40. The Morgan fingerprint density at radius 3 is 2.65 bits per heavy atom. The molecule has 1 heterocycles. The number of fused-ring (bicyclic) bond motifs is 1. The maximum absolute atomic E-state index is 12.2. The van der Waals surface area contributed by atoms with Crippen molar-refractivity contribution in [2.24, 2.45) is 0 Å². The first-order valence-electron chi connectivity index (χ1n) is 5.48. The number of aromatic hydroxyl groups is 1. The zero-order valence-corrected chi connectivity index (χ0v) is 10.7. The zero-order valence-electron chi connectivity index (χ0n) is 9.84. The molecule has 0 saturated carbocycles. The molecule has 0 saturated heterocycles. The van der Waals surface area contributed by atoms with Crippen molar-refractivity contribution in [1.82, 2.24) is 0 Å². The van der Waals surface area contributed by atoms with E-state index in [4.69, 9.17) is 0 Å². The molecule has 1 aromatic carbocycles. The molecule has 1 atom stereocenters. The van der Waals surface area contributed by atoms with Crippen LogP contribution in [0.3, 0.4) is 0 Å². The zero-order chi connectivity index (χ0) is 12.8. The Bertz CT molecular complexity index is 540. The smallest absolute Gasteiger partial charge is 0.181 e. The molecule has 2 N–H and O–H groups in total. The van der Waals surface area contributed by atoms with Gasteiger partial charge in [-0.2, -0.15) is 0 Å². The van der Waals surface area contributed by atoms with Gasteiger partial charge in [-0.1, -0.05) is 0 Å². The van der Waals surface area contributed by atoms with Crippen LogP contribution in [0.5, 0.6) is 5.75 Å². The van der Waals surface area contributed by atoms with E-state index >= 15 is 0 Å². The van der Waals surface area contributed by atoms with Gasteiger partial charge in [-0.3, -0.25) is 0 Å². The van der Waals surface area contributed by atoms with Crippen LogP contribution in [0.1, 0.15) is 25.8 Å². The van der Waals surface area contributed by atoms with Crippen LogP contribution in [0.25, 0.3) is 0 Å². The van der Waals surface area contributed by atoms with Gasteiger partial charge >= 0.3 is 0 Å². The van der Waals surface area contributed by atoms with Crippen molar-refractivity contribution in [1.29, 1.82) is 0 Å². The topological polar surface area (TPSA) is 74.6 Å². The van der Waals surface area contributed by atoms with E-state index in [9.17, 15) is 18.6 Å². The number of sulfone groups is 1. The number of rotatable bonds is 2. The largest absolute Gasteiger partial charge is 0.508 e. The Morgan fingerprint density at radius 1 is 1.41 bits per heavy atom. The highest BCUT2D eigenvalue weighted by Gasteiger charge is 2.39. The van der Waals surface area contributed by atoms with E-state index in [1.807, 2.05) is 0 Å². The molecule has 0 bridgehead atoms. The van der Waals surface area contributed by atoms with Crippen molar-refractivity contribution in [2.45, 2.75) is 42.4 Å². The molecule has 0 radical (unpaired) electrons. The first kappa shape index (κ1) is 12.4. The maximum Gasteiger partial charge on any atom is 0.181 e. The molecule has 94 valence electrons. The first-order valence-corrected chi connectivity index (χ1v) is 7.03. The summed E-state index contributed by atoms with van der Waals surface area (Å²) in [6.07, 6.45) is 0.556. The van der Waals surface area contributed by atoms with Gasteiger partial charge in [0, 0.05) is 0 Å². The molecule has 0 spiro atoms. The number of hydrogen-bond donors (Lipinski definition) is 2. The van der Waals surface area contributed by atoms with Gasteiger partial charge < -0.3 is 10.2 Å². The van der Waals surface area contributed by atoms with Gasteiger partial charge in [0.1, 0.15) is 5.75 Å². The summed E-state index contributed by atoms with van der Waals surface area (Å²) in [7, 11) is -3.37. The fraction of sp³-hybridized carbons (Fsp3) is 0.500. The van der Waals surface area contributed by atoms with Crippen LogP contribution in [0.4, 0.5) is 0 Å². The number of hydrogen-bond acceptors (Lipinski definition) is 4. The van der Waals surface area contributed by atoms with E-state index in [0.29, 0.717) is 12.0 Å². The molecule has 17 heavy (non-hydrogen) atoms. The predicted octanol–water partition coefficient (Wildman–Crippen LogP) is 1.25. The van der Waals surface area contributed by atoms with Crippen molar-refractivity contribution < 1.29 is 18.6 Å². The Hall–Kier alpha value is -1.07. The summed E-state index contributed by atoms with van der Waals surface area (Å²) >= 11 is 0. The molecule has 5 heteroatoms. The molecule has 2 rings (SSSR count). The molecule has 0 fully saturated rings.